The lowest BCUT2D eigenvalue weighted by molar-refractivity contribution is 1.08. The van der Waals surface area contributed by atoms with Crippen LogP contribution in [0.3, 0.4) is 0 Å². The predicted molar refractivity (Wildman–Crippen MR) is 213 cm³/mol. The van der Waals surface area contributed by atoms with Gasteiger partial charge in [0.2, 0.25) is 0 Å². The van der Waals surface area contributed by atoms with Crippen molar-refractivity contribution in [2.24, 2.45) is 0 Å². The van der Waals surface area contributed by atoms with Crippen LogP contribution in [0.2, 0.25) is 0 Å². The van der Waals surface area contributed by atoms with E-state index in [0.29, 0.717) is 23.0 Å². The van der Waals surface area contributed by atoms with E-state index < -0.39 is 0 Å². The minimum absolute atomic E-state index is 0.574. The van der Waals surface area contributed by atoms with Crippen LogP contribution in [0.5, 0.6) is 0 Å². The van der Waals surface area contributed by atoms with Crippen LogP contribution in [-0.4, -0.2) is 24.5 Å². The zero-order valence-corrected chi connectivity index (χ0v) is 28.3. The van der Waals surface area contributed by atoms with E-state index in [0.717, 1.165) is 77.0 Å². The van der Waals surface area contributed by atoms with Gasteiger partial charge in [-0.2, -0.15) is 5.26 Å². The Bertz CT molecular complexity index is 2960. The number of aromatic nitrogens is 5. The summed E-state index contributed by atoms with van der Waals surface area (Å²) in [6, 6.07) is 58.0. The number of nitriles is 1. The summed E-state index contributed by atoms with van der Waals surface area (Å²) in [4.78, 5) is 20.0. The van der Waals surface area contributed by atoms with Crippen LogP contribution in [0, 0.1) is 11.3 Å². The third-order valence-electron chi connectivity index (χ3n) is 9.94. The average molecular weight is 677 g/mol. The monoisotopic (exact) mass is 676 g/mol. The van der Waals surface area contributed by atoms with E-state index in [-0.39, 0.29) is 0 Å². The van der Waals surface area contributed by atoms with Crippen LogP contribution in [-0.2, 0) is 0 Å². The number of fused-ring (bicyclic) bond motifs is 5. The highest BCUT2D eigenvalue weighted by molar-refractivity contribution is 6.11. The maximum atomic E-state index is 9.90. The third kappa shape index (κ3) is 5.19. The van der Waals surface area contributed by atoms with Crippen LogP contribution >= 0.6 is 0 Å². The summed E-state index contributed by atoms with van der Waals surface area (Å²) in [5, 5.41) is 16.3. The highest BCUT2D eigenvalue weighted by Gasteiger charge is 2.19. The molecule has 246 valence electrons. The van der Waals surface area contributed by atoms with Gasteiger partial charge in [-0.1, -0.05) is 103 Å². The van der Waals surface area contributed by atoms with Crippen molar-refractivity contribution in [2.75, 3.05) is 0 Å². The number of pyridine rings is 1. The molecule has 0 unspecified atom stereocenters. The molecule has 10 rings (SSSR count). The Kier molecular flexibility index (Phi) is 7.09. The number of hydrogen-bond donors (Lipinski definition) is 0. The lowest BCUT2D eigenvalue weighted by atomic mass is 10.0. The van der Waals surface area contributed by atoms with Crippen molar-refractivity contribution < 1.29 is 0 Å². The van der Waals surface area contributed by atoms with E-state index in [4.69, 9.17) is 15.0 Å². The second-order valence-corrected chi connectivity index (χ2v) is 13.0. The standard InChI is InChI=1S/C47H28N6/c48-29-30-18-24-43-40(27-30)41-28-34(21-25-44(41)53(43)35-22-19-33(20-23-35)42-17-5-6-26-49-42)45-50-46(38-15-7-11-31-9-1-3-13-36(31)38)52-47(51-45)39-16-8-12-32-10-2-4-14-37(32)39/h1-28H. The Morgan fingerprint density at radius 2 is 1.02 bits per heavy atom. The first-order chi connectivity index (χ1) is 26.2. The van der Waals surface area contributed by atoms with Gasteiger partial charge < -0.3 is 4.57 Å². The van der Waals surface area contributed by atoms with Crippen molar-refractivity contribution in [3.63, 3.8) is 0 Å². The average Bonchev–Trinajstić information content (AvgIpc) is 3.56. The van der Waals surface area contributed by atoms with Gasteiger partial charge >= 0.3 is 0 Å². The van der Waals surface area contributed by atoms with Crippen LogP contribution in [0.25, 0.3) is 94.5 Å². The Morgan fingerprint density at radius 1 is 0.453 bits per heavy atom. The molecule has 0 aliphatic carbocycles. The minimum Gasteiger partial charge on any atom is -0.309 e. The molecule has 7 aromatic carbocycles. The van der Waals surface area contributed by atoms with Gasteiger partial charge in [0.1, 0.15) is 0 Å². The highest BCUT2D eigenvalue weighted by atomic mass is 15.0. The van der Waals surface area contributed by atoms with Gasteiger partial charge in [0.05, 0.1) is 28.4 Å². The largest absolute Gasteiger partial charge is 0.309 e. The molecule has 0 amide bonds. The molecule has 0 atom stereocenters. The Morgan fingerprint density at radius 3 is 1.66 bits per heavy atom. The van der Waals surface area contributed by atoms with E-state index in [1.165, 1.54) is 0 Å². The molecule has 3 heterocycles. The Hall–Kier alpha value is -7.49. The van der Waals surface area contributed by atoms with Gasteiger partial charge in [-0.3, -0.25) is 4.98 Å². The zero-order valence-electron chi connectivity index (χ0n) is 28.3. The molecule has 0 saturated carbocycles. The predicted octanol–water partition coefficient (Wildman–Crippen LogP) is 11.2. The van der Waals surface area contributed by atoms with Crippen LogP contribution in [0.15, 0.2) is 170 Å². The van der Waals surface area contributed by atoms with E-state index in [1.54, 1.807) is 0 Å². The SMILES string of the molecule is N#Cc1ccc2c(c1)c1cc(-c3nc(-c4cccc5ccccc45)nc(-c4cccc5ccccc45)n3)ccc1n2-c1ccc(-c2ccccn2)cc1. The van der Waals surface area contributed by atoms with Gasteiger partial charge in [0.25, 0.3) is 0 Å². The fourth-order valence-corrected chi connectivity index (χ4v) is 7.41. The molecule has 6 heteroatoms. The highest BCUT2D eigenvalue weighted by Crippen LogP contribution is 2.37. The summed E-state index contributed by atoms with van der Waals surface area (Å²) < 4.78 is 2.24. The third-order valence-corrected chi connectivity index (χ3v) is 9.94. The Balaban J connectivity index is 1.19. The molecular weight excluding hydrogens is 649 g/mol. The van der Waals surface area contributed by atoms with Gasteiger partial charge in [0, 0.05) is 44.9 Å². The van der Waals surface area contributed by atoms with E-state index in [1.807, 2.05) is 66.9 Å². The topological polar surface area (TPSA) is 80.3 Å². The van der Waals surface area contributed by atoms with Gasteiger partial charge in [0.15, 0.2) is 17.5 Å². The van der Waals surface area contributed by atoms with Gasteiger partial charge in [-0.15, -0.1) is 0 Å². The summed E-state index contributed by atoms with van der Waals surface area (Å²) in [5.41, 5.74) is 8.35. The van der Waals surface area contributed by atoms with Crippen LogP contribution in [0.1, 0.15) is 5.56 Å². The van der Waals surface area contributed by atoms with Crippen LogP contribution in [0.4, 0.5) is 0 Å². The molecule has 0 aliphatic heterocycles. The maximum absolute atomic E-state index is 9.90. The minimum atomic E-state index is 0.574. The molecule has 0 bridgehead atoms. The molecule has 10 aromatic rings. The lowest BCUT2D eigenvalue weighted by Crippen LogP contribution is -2.01. The number of nitrogens with zero attached hydrogens (tertiary/aromatic N) is 6. The fraction of sp³-hybridized carbons (Fsp3) is 0. The van der Waals surface area contributed by atoms with E-state index in [9.17, 15) is 5.26 Å². The molecule has 0 aliphatic rings. The number of benzene rings is 7. The van der Waals surface area contributed by atoms with Crippen molar-refractivity contribution in [1.82, 2.24) is 24.5 Å². The molecule has 0 fully saturated rings. The smallest absolute Gasteiger partial charge is 0.164 e. The quantitative estimate of drug-likeness (QED) is 0.181. The van der Waals surface area contributed by atoms with E-state index >= 15 is 0 Å². The first kappa shape index (κ1) is 30.3. The summed E-state index contributed by atoms with van der Waals surface area (Å²) in [6.07, 6.45) is 1.81. The second-order valence-electron chi connectivity index (χ2n) is 13.0. The number of hydrogen-bond acceptors (Lipinski definition) is 5. The lowest BCUT2D eigenvalue weighted by Gasteiger charge is -2.12. The summed E-state index contributed by atoms with van der Waals surface area (Å²) in [6.45, 7) is 0. The maximum Gasteiger partial charge on any atom is 0.164 e. The first-order valence-corrected chi connectivity index (χ1v) is 17.4. The molecule has 0 spiro atoms. The van der Waals surface area contributed by atoms with Crippen molar-refractivity contribution >= 4 is 43.4 Å². The Labute approximate surface area is 304 Å². The molecule has 0 saturated heterocycles. The molecule has 0 N–H and O–H groups in total. The second kappa shape index (κ2) is 12.4. The summed E-state index contributed by atoms with van der Waals surface area (Å²) in [7, 11) is 0. The van der Waals surface area contributed by atoms with Crippen LogP contribution < -0.4 is 0 Å². The van der Waals surface area contributed by atoms with Crippen molar-refractivity contribution in [3.05, 3.63) is 176 Å². The first-order valence-electron chi connectivity index (χ1n) is 17.4. The molecule has 3 aromatic heterocycles. The zero-order chi connectivity index (χ0) is 35.3. The van der Waals surface area contributed by atoms with E-state index in [2.05, 4.69) is 119 Å². The van der Waals surface area contributed by atoms with Crippen molar-refractivity contribution in [3.8, 4) is 57.2 Å². The van der Waals surface area contributed by atoms with Crippen molar-refractivity contribution in [2.45, 2.75) is 0 Å². The fourth-order valence-electron chi connectivity index (χ4n) is 7.41. The summed E-state index contributed by atoms with van der Waals surface area (Å²) in [5.74, 6) is 1.79. The van der Waals surface area contributed by atoms with Gasteiger partial charge in [-0.25, -0.2) is 15.0 Å². The molecule has 53 heavy (non-hydrogen) atoms. The van der Waals surface area contributed by atoms with Crippen molar-refractivity contribution in [1.29, 1.82) is 5.26 Å². The molecule has 0 radical (unpaired) electrons. The normalized spacial score (nSPS) is 11.4. The molecular formula is C47H28N6. The summed E-state index contributed by atoms with van der Waals surface area (Å²) >= 11 is 0. The number of rotatable bonds is 5. The molecule has 6 nitrogen and oxygen atoms in total. The van der Waals surface area contributed by atoms with Gasteiger partial charge in [-0.05, 0) is 82.2 Å².